The summed E-state index contributed by atoms with van der Waals surface area (Å²) >= 11 is 0. The van der Waals surface area contributed by atoms with Gasteiger partial charge in [0.1, 0.15) is 0 Å². The molecule has 1 aromatic carbocycles. The first-order valence-corrected chi connectivity index (χ1v) is 7.66. The van der Waals surface area contributed by atoms with Crippen molar-refractivity contribution in [1.29, 1.82) is 0 Å². The summed E-state index contributed by atoms with van der Waals surface area (Å²) in [6, 6.07) is 6.05. The van der Waals surface area contributed by atoms with Crippen LogP contribution in [0.4, 0.5) is 0 Å². The quantitative estimate of drug-likeness (QED) is 0.620. The highest BCUT2D eigenvalue weighted by Crippen LogP contribution is 2.37. The van der Waals surface area contributed by atoms with Crippen molar-refractivity contribution >= 4 is 25.5 Å². The Balaban J connectivity index is 2.24. The van der Waals surface area contributed by atoms with Crippen LogP contribution in [0.1, 0.15) is 27.7 Å². The molecule has 1 aliphatic heterocycles. The van der Waals surface area contributed by atoms with Crippen LogP contribution in [0.25, 0.3) is 0 Å². The lowest BCUT2D eigenvalue weighted by molar-refractivity contribution is 0.00578. The molecule has 0 unspecified atom stereocenters. The van der Waals surface area contributed by atoms with E-state index in [1.807, 2.05) is 27.7 Å². The van der Waals surface area contributed by atoms with Crippen LogP contribution >= 0.6 is 7.60 Å². The number of hydrogen-bond donors (Lipinski definition) is 2. The largest absolute Gasteiger partial charge is 0.494 e. The fourth-order valence-corrected chi connectivity index (χ4v) is 2.34. The van der Waals surface area contributed by atoms with E-state index in [1.165, 1.54) is 12.1 Å². The molecule has 5 nitrogen and oxygen atoms in total. The summed E-state index contributed by atoms with van der Waals surface area (Å²) in [7, 11) is -4.72. The highest BCUT2D eigenvalue weighted by Gasteiger charge is 2.51. The van der Waals surface area contributed by atoms with Crippen LogP contribution in [0.15, 0.2) is 24.3 Å². The minimum absolute atomic E-state index is 0.00670. The zero-order chi connectivity index (χ0) is 14.5. The van der Waals surface area contributed by atoms with E-state index in [2.05, 4.69) is 0 Å². The van der Waals surface area contributed by atoms with Crippen LogP contribution in [0, 0.1) is 0 Å². The third-order valence-corrected chi connectivity index (χ3v) is 4.73. The van der Waals surface area contributed by atoms with Gasteiger partial charge in [-0.15, -0.1) is 0 Å². The van der Waals surface area contributed by atoms with Gasteiger partial charge in [0.25, 0.3) is 0 Å². The second-order valence-corrected chi connectivity index (χ2v) is 7.33. The Morgan fingerprint density at radius 3 is 1.79 bits per heavy atom. The first kappa shape index (κ1) is 14.8. The molecular formula is C12H18BO5P. The van der Waals surface area contributed by atoms with E-state index in [0.717, 1.165) is 5.46 Å². The first-order valence-electron chi connectivity index (χ1n) is 6.05. The lowest BCUT2D eigenvalue weighted by atomic mass is 9.79. The summed E-state index contributed by atoms with van der Waals surface area (Å²) < 4.78 is 22.8. The van der Waals surface area contributed by atoms with Gasteiger partial charge in [-0.2, -0.15) is 0 Å². The van der Waals surface area contributed by atoms with E-state index in [-0.39, 0.29) is 5.30 Å². The Morgan fingerprint density at radius 1 is 1.00 bits per heavy atom. The molecule has 0 bridgehead atoms. The van der Waals surface area contributed by atoms with Gasteiger partial charge in [-0.05, 0) is 45.3 Å². The standard InChI is InChI=1S/C12H18BO5P/c1-11(2)12(3,4)18-13(17-11)9-5-7-10(8-6-9)19(14,15)16/h5-8H,1-4H3,(H2,14,15,16). The zero-order valence-electron chi connectivity index (χ0n) is 11.5. The van der Waals surface area contributed by atoms with Gasteiger partial charge in [0.2, 0.25) is 0 Å². The average molecular weight is 284 g/mol. The molecule has 0 atom stereocenters. The predicted molar refractivity (Wildman–Crippen MR) is 73.8 cm³/mol. The van der Waals surface area contributed by atoms with Crippen molar-refractivity contribution < 1.29 is 23.7 Å². The maximum absolute atomic E-state index is 11.1. The number of rotatable bonds is 2. The molecule has 7 heteroatoms. The molecule has 0 saturated carbocycles. The molecule has 1 fully saturated rings. The molecule has 0 aliphatic carbocycles. The van der Waals surface area contributed by atoms with E-state index >= 15 is 0 Å². The second kappa shape index (κ2) is 4.43. The van der Waals surface area contributed by atoms with Crippen molar-refractivity contribution in [3.05, 3.63) is 24.3 Å². The van der Waals surface area contributed by atoms with E-state index < -0.39 is 25.9 Å². The van der Waals surface area contributed by atoms with Gasteiger partial charge in [0.05, 0.1) is 16.5 Å². The lowest BCUT2D eigenvalue weighted by Gasteiger charge is -2.32. The van der Waals surface area contributed by atoms with Gasteiger partial charge in [-0.3, -0.25) is 4.57 Å². The molecule has 0 spiro atoms. The molecule has 1 saturated heterocycles. The Kier molecular flexibility index (Phi) is 3.44. The van der Waals surface area contributed by atoms with Crippen LogP contribution in [-0.4, -0.2) is 28.1 Å². The van der Waals surface area contributed by atoms with Crippen molar-refractivity contribution in [3.8, 4) is 0 Å². The summed E-state index contributed by atoms with van der Waals surface area (Å²) in [6.07, 6.45) is 0. The van der Waals surface area contributed by atoms with E-state index in [0.29, 0.717) is 0 Å². The Labute approximate surface area is 113 Å². The topological polar surface area (TPSA) is 76.0 Å². The molecule has 0 amide bonds. The minimum atomic E-state index is -4.20. The second-order valence-electron chi connectivity index (χ2n) is 5.72. The molecule has 1 aliphatic rings. The maximum atomic E-state index is 11.1. The molecule has 2 rings (SSSR count). The fourth-order valence-electron chi connectivity index (χ4n) is 1.80. The van der Waals surface area contributed by atoms with Crippen LogP contribution < -0.4 is 10.8 Å². The summed E-state index contributed by atoms with van der Waals surface area (Å²) in [6.45, 7) is 7.82. The third kappa shape index (κ3) is 2.78. The SMILES string of the molecule is CC1(C)OB(c2ccc(P(=O)(O)O)cc2)OC1(C)C. The van der Waals surface area contributed by atoms with Gasteiger partial charge in [-0.25, -0.2) is 0 Å². The third-order valence-electron chi connectivity index (χ3n) is 3.75. The van der Waals surface area contributed by atoms with Crippen molar-refractivity contribution in [2.75, 3.05) is 0 Å². The van der Waals surface area contributed by atoms with E-state index in [1.54, 1.807) is 12.1 Å². The van der Waals surface area contributed by atoms with Crippen molar-refractivity contribution in [3.63, 3.8) is 0 Å². The Morgan fingerprint density at radius 2 is 1.42 bits per heavy atom. The van der Waals surface area contributed by atoms with Gasteiger partial charge in [-0.1, -0.05) is 12.1 Å². The zero-order valence-corrected chi connectivity index (χ0v) is 12.3. The summed E-state index contributed by atoms with van der Waals surface area (Å²) in [5.74, 6) is 0. The summed E-state index contributed by atoms with van der Waals surface area (Å²) in [4.78, 5) is 18.1. The summed E-state index contributed by atoms with van der Waals surface area (Å²) in [5, 5.41) is -0.00670. The normalized spacial score (nSPS) is 21.7. The van der Waals surface area contributed by atoms with Crippen molar-refractivity contribution in [1.82, 2.24) is 0 Å². The molecule has 19 heavy (non-hydrogen) atoms. The fraction of sp³-hybridized carbons (Fsp3) is 0.500. The molecule has 0 radical (unpaired) electrons. The molecule has 1 aromatic rings. The molecule has 2 N–H and O–H groups in total. The molecule has 0 aromatic heterocycles. The Bertz CT molecular complexity index is 503. The van der Waals surface area contributed by atoms with Crippen LogP contribution in [0.3, 0.4) is 0 Å². The monoisotopic (exact) mass is 284 g/mol. The van der Waals surface area contributed by atoms with Gasteiger partial charge in [0.15, 0.2) is 0 Å². The molecular weight excluding hydrogens is 266 g/mol. The van der Waals surface area contributed by atoms with Gasteiger partial charge in [0, 0.05) is 0 Å². The smallest absolute Gasteiger partial charge is 0.399 e. The summed E-state index contributed by atoms with van der Waals surface area (Å²) in [5.41, 5.74) is -0.116. The van der Waals surface area contributed by atoms with Crippen LogP contribution in [0.5, 0.6) is 0 Å². The number of hydrogen-bond acceptors (Lipinski definition) is 3. The first-order chi connectivity index (χ1) is 8.53. The molecule has 1 heterocycles. The number of benzene rings is 1. The van der Waals surface area contributed by atoms with Gasteiger partial charge < -0.3 is 19.1 Å². The van der Waals surface area contributed by atoms with E-state index in [9.17, 15) is 4.57 Å². The van der Waals surface area contributed by atoms with Crippen LogP contribution in [-0.2, 0) is 13.9 Å². The maximum Gasteiger partial charge on any atom is 0.494 e. The minimum Gasteiger partial charge on any atom is -0.399 e. The predicted octanol–water partition coefficient (Wildman–Crippen LogP) is 0.789. The highest BCUT2D eigenvalue weighted by atomic mass is 31.2. The highest BCUT2D eigenvalue weighted by molar-refractivity contribution is 7.60. The Hall–Kier alpha value is -0.645. The molecule has 104 valence electrons. The van der Waals surface area contributed by atoms with Crippen molar-refractivity contribution in [2.24, 2.45) is 0 Å². The lowest BCUT2D eigenvalue weighted by Crippen LogP contribution is -2.41. The van der Waals surface area contributed by atoms with E-state index in [4.69, 9.17) is 19.1 Å². The van der Waals surface area contributed by atoms with Crippen molar-refractivity contribution in [2.45, 2.75) is 38.9 Å². The van der Waals surface area contributed by atoms with Gasteiger partial charge >= 0.3 is 14.7 Å². The van der Waals surface area contributed by atoms with Crippen LogP contribution in [0.2, 0.25) is 0 Å². The average Bonchev–Trinajstić information content (AvgIpc) is 2.47.